The molecule has 23 heavy (non-hydrogen) atoms. The zero-order valence-corrected chi connectivity index (χ0v) is 13.4. The second kappa shape index (κ2) is 5.05. The summed E-state index contributed by atoms with van der Waals surface area (Å²) in [5.41, 5.74) is 3.21. The molecule has 2 aromatic rings. The lowest BCUT2D eigenvalue weighted by atomic mass is 9.78. The number of nitrogens with zero attached hydrogens (tertiary/aromatic N) is 1. The van der Waals surface area contributed by atoms with Gasteiger partial charge in [0.15, 0.2) is 0 Å². The molecule has 2 amide bonds. The van der Waals surface area contributed by atoms with E-state index in [2.05, 4.69) is 13.8 Å². The summed E-state index contributed by atoms with van der Waals surface area (Å²) in [4.78, 5) is 27.1. The largest absolute Gasteiger partial charge is 0.274 e. The molecule has 1 heterocycles. The van der Waals surface area contributed by atoms with Crippen LogP contribution in [0.25, 0.3) is 10.8 Å². The number of allylic oxidation sites excluding steroid dienone is 2. The molecule has 0 unspecified atom stereocenters. The molecule has 0 radical (unpaired) electrons. The normalized spacial score (nSPS) is 24.5. The quantitative estimate of drug-likeness (QED) is 0.588. The van der Waals surface area contributed by atoms with E-state index in [1.165, 1.54) is 16.0 Å². The Labute approximate surface area is 135 Å². The average molecular weight is 305 g/mol. The summed E-state index contributed by atoms with van der Waals surface area (Å²) in [6.45, 7) is 4.14. The summed E-state index contributed by atoms with van der Waals surface area (Å²) in [5, 5.41) is 2.16. The number of fused-ring (bicyclic) bond motifs is 2. The number of carbonyl (C=O) groups excluding carboxylic acids is 2. The van der Waals surface area contributed by atoms with Crippen molar-refractivity contribution < 1.29 is 9.59 Å². The SMILES string of the molecule is CC1=C(C)C[C@@H]2C(=O)N(c3ccc4ccccc4c3)C(=O)[C@H]2C1. The molecule has 116 valence electrons. The smallest absolute Gasteiger partial charge is 0.238 e. The Morgan fingerprint density at radius 3 is 2.00 bits per heavy atom. The van der Waals surface area contributed by atoms with Crippen LogP contribution in [0.2, 0.25) is 0 Å². The van der Waals surface area contributed by atoms with E-state index >= 15 is 0 Å². The number of imide groups is 1. The molecule has 1 aliphatic carbocycles. The van der Waals surface area contributed by atoms with Crippen molar-refractivity contribution in [1.29, 1.82) is 0 Å². The molecule has 2 aliphatic rings. The van der Waals surface area contributed by atoms with Crippen molar-refractivity contribution in [2.45, 2.75) is 26.7 Å². The summed E-state index contributed by atoms with van der Waals surface area (Å²) in [6, 6.07) is 13.8. The van der Waals surface area contributed by atoms with Gasteiger partial charge >= 0.3 is 0 Å². The van der Waals surface area contributed by atoms with Gasteiger partial charge in [-0.15, -0.1) is 0 Å². The molecule has 2 atom stereocenters. The van der Waals surface area contributed by atoms with Crippen LogP contribution in [-0.4, -0.2) is 11.8 Å². The fourth-order valence-electron chi connectivity index (χ4n) is 3.82. The highest BCUT2D eigenvalue weighted by molar-refractivity contribution is 6.22. The van der Waals surface area contributed by atoms with Crippen molar-refractivity contribution in [3.8, 4) is 0 Å². The Morgan fingerprint density at radius 2 is 1.39 bits per heavy atom. The van der Waals surface area contributed by atoms with E-state index in [1.807, 2.05) is 42.5 Å². The van der Waals surface area contributed by atoms with Gasteiger partial charge < -0.3 is 0 Å². The van der Waals surface area contributed by atoms with Gasteiger partial charge in [0.05, 0.1) is 17.5 Å². The van der Waals surface area contributed by atoms with Crippen molar-refractivity contribution in [1.82, 2.24) is 0 Å². The molecule has 0 bridgehead atoms. The third kappa shape index (κ3) is 2.11. The summed E-state index contributed by atoms with van der Waals surface area (Å²) < 4.78 is 0. The van der Waals surface area contributed by atoms with Crippen molar-refractivity contribution in [2.75, 3.05) is 4.90 Å². The predicted molar refractivity (Wildman–Crippen MR) is 91.0 cm³/mol. The average Bonchev–Trinajstić information content (AvgIpc) is 2.79. The van der Waals surface area contributed by atoms with E-state index in [0.717, 1.165) is 10.8 Å². The van der Waals surface area contributed by atoms with Crippen LogP contribution in [0.15, 0.2) is 53.6 Å². The maximum atomic E-state index is 12.8. The third-order valence-corrected chi connectivity index (χ3v) is 5.33. The topological polar surface area (TPSA) is 37.4 Å². The second-order valence-corrected chi connectivity index (χ2v) is 6.73. The highest BCUT2D eigenvalue weighted by atomic mass is 16.2. The van der Waals surface area contributed by atoms with Crippen LogP contribution in [0, 0.1) is 11.8 Å². The minimum Gasteiger partial charge on any atom is -0.274 e. The first-order valence-electron chi connectivity index (χ1n) is 8.08. The lowest BCUT2D eigenvalue weighted by Gasteiger charge is -2.23. The molecular weight excluding hydrogens is 286 g/mol. The number of anilines is 1. The van der Waals surface area contributed by atoms with Crippen LogP contribution in [0.1, 0.15) is 26.7 Å². The molecule has 1 aliphatic heterocycles. The number of benzene rings is 2. The van der Waals surface area contributed by atoms with Crippen molar-refractivity contribution in [3.05, 3.63) is 53.6 Å². The van der Waals surface area contributed by atoms with E-state index in [0.29, 0.717) is 18.5 Å². The summed E-state index contributed by atoms with van der Waals surface area (Å²) >= 11 is 0. The van der Waals surface area contributed by atoms with Gasteiger partial charge in [0.1, 0.15) is 0 Å². The summed E-state index contributed by atoms with van der Waals surface area (Å²) in [6.07, 6.45) is 1.43. The lowest BCUT2D eigenvalue weighted by Crippen LogP contribution is -2.30. The van der Waals surface area contributed by atoms with Crippen molar-refractivity contribution in [3.63, 3.8) is 0 Å². The molecule has 3 nitrogen and oxygen atoms in total. The molecular formula is C20H19NO2. The molecule has 3 heteroatoms. The Morgan fingerprint density at radius 1 is 0.826 bits per heavy atom. The van der Waals surface area contributed by atoms with Crippen LogP contribution in [0.3, 0.4) is 0 Å². The van der Waals surface area contributed by atoms with Gasteiger partial charge in [-0.05, 0) is 49.6 Å². The van der Waals surface area contributed by atoms with Crippen LogP contribution >= 0.6 is 0 Å². The van der Waals surface area contributed by atoms with Crippen molar-refractivity contribution >= 4 is 28.3 Å². The minimum absolute atomic E-state index is 0.0397. The Kier molecular flexibility index (Phi) is 3.12. The van der Waals surface area contributed by atoms with Gasteiger partial charge in [-0.1, -0.05) is 41.5 Å². The van der Waals surface area contributed by atoms with E-state index in [1.54, 1.807) is 0 Å². The molecule has 2 aromatic carbocycles. The Balaban J connectivity index is 1.75. The molecule has 1 fully saturated rings. The molecule has 0 aromatic heterocycles. The van der Waals surface area contributed by atoms with Crippen LogP contribution in [0.4, 0.5) is 5.69 Å². The third-order valence-electron chi connectivity index (χ3n) is 5.33. The Hall–Kier alpha value is -2.42. The summed E-state index contributed by atoms with van der Waals surface area (Å²) in [7, 11) is 0. The number of hydrogen-bond donors (Lipinski definition) is 0. The number of amides is 2. The fraction of sp³-hybridized carbons (Fsp3) is 0.300. The van der Waals surface area contributed by atoms with Crippen molar-refractivity contribution in [2.24, 2.45) is 11.8 Å². The number of carbonyl (C=O) groups is 2. The monoisotopic (exact) mass is 305 g/mol. The van der Waals surface area contributed by atoms with E-state index in [9.17, 15) is 9.59 Å². The highest BCUT2D eigenvalue weighted by Gasteiger charge is 2.49. The van der Waals surface area contributed by atoms with E-state index in [-0.39, 0.29) is 23.7 Å². The molecule has 1 saturated heterocycles. The maximum Gasteiger partial charge on any atom is 0.238 e. The molecule has 0 spiro atoms. The van der Waals surface area contributed by atoms with Gasteiger partial charge in [0.2, 0.25) is 11.8 Å². The van der Waals surface area contributed by atoms with Crippen LogP contribution < -0.4 is 4.90 Å². The standard InChI is InChI=1S/C20H19NO2/c1-12-9-17-18(10-13(12)2)20(23)21(19(17)22)16-8-7-14-5-3-4-6-15(14)11-16/h3-8,11,17-18H,9-10H2,1-2H3/t17-,18-/m0/s1. The Bertz CT molecular complexity index is 833. The minimum atomic E-state index is -0.183. The van der Waals surface area contributed by atoms with Gasteiger partial charge in [0, 0.05) is 0 Å². The zero-order valence-electron chi connectivity index (χ0n) is 13.4. The first-order valence-corrected chi connectivity index (χ1v) is 8.08. The van der Waals surface area contributed by atoms with Gasteiger partial charge in [0.25, 0.3) is 0 Å². The van der Waals surface area contributed by atoms with Gasteiger partial charge in [-0.25, -0.2) is 0 Å². The predicted octanol–water partition coefficient (Wildman–Crippen LogP) is 4.08. The lowest BCUT2D eigenvalue weighted by molar-refractivity contribution is -0.122. The number of rotatable bonds is 1. The van der Waals surface area contributed by atoms with Gasteiger partial charge in [-0.3, -0.25) is 14.5 Å². The summed E-state index contributed by atoms with van der Waals surface area (Å²) in [5.74, 6) is -0.445. The molecule has 4 rings (SSSR count). The maximum absolute atomic E-state index is 12.8. The number of hydrogen-bond acceptors (Lipinski definition) is 2. The fourth-order valence-corrected chi connectivity index (χ4v) is 3.82. The highest BCUT2D eigenvalue weighted by Crippen LogP contribution is 2.42. The van der Waals surface area contributed by atoms with Crippen LogP contribution in [0.5, 0.6) is 0 Å². The first kappa shape index (κ1) is 14.2. The molecule has 0 saturated carbocycles. The van der Waals surface area contributed by atoms with E-state index < -0.39 is 0 Å². The van der Waals surface area contributed by atoms with Crippen LogP contribution in [-0.2, 0) is 9.59 Å². The zero-order chi connectivity index (χ0) is 16.1. The first-order chi connectivity index (χ1) is 11.1. The molecule has 0 N–H and O–H groups in total. The second-order valence-electron chi connectivity index (χ2n) is 6.73. The van der Waals surface area contributed by atoms with E-state index in [4.69, 9.17) is 0 Å². The van der Waals surface area contributed by atoms with Gasteiger partial charge in [-0.2, -0.15) is 0 Å².